The van der Waals surface area contributed by atoms with E-state index in [0.717, 1.165) is 0 Å². The molecule has 2 N–H and O–H groups in total. The average Bonchev–Trinajstić information content (AvgIpc) is 2.30. The van der Waals surface area contributed by atoms with Gasteiger partial charge >= 0.3 is 0 Å². The largest absolute Gasteiger partial charge is 0.388 e. The van der Waals surface area contributed by atoms with Gasteiger partial charge in [-0.05, 0) is 26.1 Å². The van der Waals surface area contributed by atoms with E-state index in [4.69, 9.17) is 17.3 Å². The first-order valence-corrected chi connectivity index (χ1v) is 3.84. The Kier molecular flexibility index (Phi) is 2.41. The maximum absolute atomic E-state index is 8.83. The van der Waals surface area contributed by atoms with E-state index in [-0.39, 0.29) is 12.6 Å². The van der Waals surface area contributed by atoms with Crippen LogP contribution >= 0.6 is 12.2 Å². The smallest absolute Gasteiger partial charge is 0.195 e. The second-order valence-corrected chi connectivity index (χ2v) is 2.95. The average molecular weight is 173 g/mol. The van der Waals surface area contributed by atoms with Gasteiger partial charge in [-0.3, -0.25) is 9.67 Å². The Hall–Kier alpha value is -0.680. The Labute approximate surface area is 69.9 Å². The monoisotopic (exact) mass is 173 g/mol. The van der Waals surface area contributed by atoms with Crippen molar-refractivity contribution in [2.24, 2.45) is 0 Å². The topological polar surface area (TPSA) is 53.8 Å². The van der Waals surface area contributed by atoms with Gasteiger partial charge in [0.05, 0.1) is 0 Å². The van der Waals surface area contributed by atoms with Crippen LogP contribution in [0.25, 0.3) is 0 Å². The van der Waals surface area contributed by atoms with Crippen LogP contribution in [0, 0.1) is 4.77 Å². The normalized spacial score (nSPS) is 10.9. The van der Waals surface area contributed by atoms with Gasteiger partial charge in [-0.1, -0.05) is 0 Å². The highest BCUT2D eigenvalue weighted by Crippen LogP contribution is 2.07. The number of hydrogen-bond donors (Lipinski definition) is 2. The van der Waals surface area contributed by atoms with Crippen LogP contribution in [0.15, 0.2) is 0 Å². The van der Waals surface area contributed by atoms with Gasteiger partial charge < -0.3 is 5.11 Å². The Balaban J connectivity index is 3.18. The van der Waals surface area contributed by atoms with E-state index in [1.54, 1.807) is 4.57 Å². The summed E-state index contributed by atoms with van der Waals surface area (Å²) in [6.45, 7) is 3.90. The number of nitrogens with zero attached hydrogens (tertiary/aromatic N) is 2. The summed E-state index contributed by atoms with van der Waals surface area (Å²) in [6, 6.07) is 0.239. The molecular formula is C6H11N3OS. The lowest BCUT2D eigenvalue weighted by Gasteiger charge is -2.07. The van der Waals surface area contributed by atoms with E-state index in [2.05, 4.69) is 10.2 Å². The van der Waals surface area contributed by atoms with Crippen molar-refractivity contribution >= 4 is 12.2 Å². The molecule has 11 heavy (non-hydrogen) atoms. The zero-order valence-corrected chi connectivity index (χ0v) is 7.35. The zero-order chi connectivity index (χ0) is 8.43. The van der Waals surface area contributed by atoms with Gasteiger partial charge in [-0.25, -0.2) is 0 Å². The van der Waals surface area contributed by atoms with Crippen LogP contribution < -0.4 is 0 Å². The number of nitrogens with one attached hydrogen (secondary N) is 1. The van der Waals surface area contributed by atoms with E-state index in [0.29, 0.717) is 10.6 Å². The van der Waals surface area contributed by atoms with Crippen LogP contribution in [0.5, 0.6) is 0 Å². The van der Waals surface area contributed by atoms with Gasteiger partial charge in [-0.2, -0.15) is 5.10 Å². The molecule has 1 heterocycles. The third kappa shape index (κ3) is 1.49. The van der Waals surface area contributed by atoms with Crippen molar-refractivity contribution in [3.05, 3.63) is 10.6 Å². The van der Waals surface area contributed by atoms with Crippen LogP contribution in [0.3, 0.4) is 0 Å². The number of hydrogen-bond acceptors (Lipinski definition) is 3. The number of aliphatic hydroxyl groups is 1. The van der Waals surface area contributed by atoms with Crippen molar-refractivity contribution in [2.45, 2.75) is 26.5 Å². The van der Waals surface area contributed by atoms with E-state index in [1.165, 1.54) is 0 Å². The molecule has 0 unspecified atom stereocenters. The van der Waals surface area contributed by atoms with Gasteiger partial charge in [0.1, 0.15) is 6.61 Å². The van der Waals surface area contributed by atoms with E-state index in [9.17, 15) is 0 Å². The number of rotatable bonds is 2. The van der Waals surface area contributed by atoms with E-state index in [1.807, 2.05) is 13.8 Å². The summed E-state index contributed by atoms with van der Waals surface area (Å²) in [7, 11) is 0. The predicted molar refractivity (Wildman–Crippen MR) is 43.7 cm³/mol. The lowest BCUT2D eigenvalue weighted by Crippen LogP contribution is -2.06. The highest BCUT2D eigenvalue weighted by atomic mass is 32.1. The summed E-state index contributed by atoms with van der Waals surface area (Å²) < 4.78 is 2.35. The summed E-state index contributed by atoms with van der Waals surface area (Å²) >= 11 is 4.95. The summed E-state index contributed by atoms with van der Waals surface area (Å²) in [5, 5.41) is 15.3. The highest BCUT2D eigenvalue weighted by Gasteiger charge is 2.06. The highest BCUT2D eigenvalue weighted by molar-refractivity contribution is 7.71. The molecule has 0 fully saturated rings. The van der Waals surface area contributed by atoms with Crippen LogP contribution in [-0.2, 0) is 6.61 Å². The first-order valence-electron chi connectivity index (χ1n) is 3.43. The first-order chi connectivity index (χ1) is 5.16. The molecule has 0 saturated heterocycles. The predicted octanol–water partition coefficient (Wildman–Crippen LogP) is 1.01. The van der Waals surface area contributed by atoms with E-state index < -0.39 is 0 Å². The Bertz CT molecular complexity index is 288. The van der Waals surface area contributed by atoms with Crippen LogP contribution in [0.2, 0.25) is 0 Å². The molecule has 5 heteroatoms. The van der Waals surface area contributed by atoms with Crippen LogP contribution in [0.4, 0.5) is 0 Å². The number of aromatic nitrogens is 3. The van der Waals surface area contributed by atoms with Crippen molar-refractivity contribution in [1.29, 1.82) is 0 Å². The van der Waals surface area contributed by atoms with Gasteiger partial charge in [0.25, 0.3) is 0 Å². The fraction of sp³-hybridized carbons (Fsp3) is 0.667. The number of aromatic amines is 1. The molecule has 0 saturated carbocycles. The first kappa shape index (κ1) is 8.42. The molecule has 0 aliphatic rings. The molecule has 0 aliphatic carbocycles. The minimum Gasteiger partial charge on any atom is -0.388 e. The molecule has 4 nitrogen and oxygen atoms in total. The van der Waals surface area contributed by atoms with E-state index >= 15 is 0 Å². The Morgan fingerprint density at radius 2 is 2.36 bits per heavy atom. The van der Waals surface area contributed by atoms with Gasteiger partial charge in [0.15, 0.2) is 10.6 Å². The minimum absolute atomic E-state index is 0.0781. The van der Waals surface area contributed by atoms with Crippen molar-refractivity contribution in [2.75, 3.05) is 0 Å². The molecule has 0 radical (unpaired) electrons. The van der Waals surface area contributed by atoms with Gasteiger partial charge in [-0.15, -0.1) is 0 Å². The van der Waals surface area contributed by atoms with Crippen molar-refractivity contribution in [3.8, 4) is 0 Å². The second kappa shape index (κ2) is 3.15. The zero-order valence-electron chi connectivity index (χ0n) is 6.53. The lowest BCUT2D eigenvalue weighted by atomic mass is 10.4. The molecule has 1 rings (SSSR count). The Morgan fingerprint density at radius 3 is 2.73 bits per heavy atom. The molecule has 1 aromatic heterocycles. The molecule has 0 aliphatic heterocycles. The SMILES string of the molecule is CC(C)n1c(CO)n[nH]c1=S. The molecule has 0 atom stereocenters. The van der Waals surface area contributed by atoms with Crippen LogP contribution in [0.1, 0.15) is 25.7 Å². The fourth-order valence-electron chi connectivity index (χ4n) is 0.981. The Morgan fingerprint density at radius 1 is 1.73 bits per heavy atom. The molecule has 1 aromatic rings. The maximum Gasteiger partial charge on any atom is 0.195 e. The summed E-state index contributed by atoms with van der Waals surface area (Å²) in [5.41, 5.74) is 0. The standard InChI is InChI=1S/C6H11N3OS/c1-4(2)9-5(3-10)7-8-6(9)11/h4,10H,3H2,1-2H3,(H,8,11). The third-order valence-corrected chi connectivity index (χ3v) is 1.72. The minimum atomic E-state index is -0.0781. The third-order valence-electron chi connectivity index (χ3n) is 1.44. The molecule has 62 valence electrons. The van der Waals surface area contributed by atoms with Crippen LogP contribution in [-0.4, -0.2) is 19.9 Å². The quantitative estimate of drug-likeness (QED) is 0.656. The molecule has 0 bridgehead atoms. The molecule has 0 aromatic carbocycles. The van der Waals surface area contributed by atoms with Gasteiger partial charge in [0, 0.05) is 6.04 Å². The summed E-state index contributed by atoms with van der Waals surface area (Å²) in [5.74, 6) is 0.588. The van der Waals surface area contributed by atoms with Crippen molar-refractivity contribution in [1.82, 2.24) is 14.8 Å². The fourth-order valence-corrected chi connectivity index (χ4v) is 1.34. The molecule has 0 spiro atoms. The maximum atomic E-state index is 8.83. The summed E-state index contributed by atoms with van der Waals surface area (Å²) in [6.07, 6.45) is 0. The lowest BCUT2D eigenvalue weighted by molar-refractivity contribution is 0.262. The van der Waals surface area contributed by atoms with Crippen molar-refractivity contribution in [3.63, 3.8) is 0 Å². The molecule has 0 amide bonds. The number of aliphatic hydroxyl groups excluding tert-OH is 1. The number of H-pyrrole nitrogens is 1. The van der Waals surface area contributed by atoms with Crippen molar-refractivity contribution < 1.29 is 5.11 Å². The van der Waals surface area contributed by atoms with Gasteiger partial charge in [0.2, 0.25) is 0 Å². The molecular weight excluding hydrogens is 162 g/mol. The second-order valence-electron chi connectivity index (χ2n) is 2.57. The summed E-state index contributed by atoms with van der Waals surface area (Å²) in [4.78, 5) is 0.